The fourth-order valence-corrected chi connectivity index (χ4v) is 2.42. The van der Waals surface area contributed by atoms with E-state index >= 15 is 0 Å². The molecule has 2 rings (SSSR count). The molecule has 1 heterocycles. The lowest BCUT2D eigenvalue weighted by molar-refractivity contribution is 0.314. The number of nitrogens with two attached hydrogens (primary N) is 1. The van der Waals surface area contributed by atoms with Gasteiger partial charge in [-0.3, -0.25) is 4.90 Å². The second kappa shape index (κ2) is 5.29. The van der Waals surface area contributed by atoms with Gasteiger partial charge in [0.1, 0.15) is 0 Å². The summed E-state index contributed by atoms with van der Waals surface area (Å²) in [5.41, 5.74) is 7.65. The average Bonchev–Trinajstić information content (AvgIpc) is 2.77. The van der Waals surface area contributed by atoms with Crippen LogP contribution in [0.25, 0.3) is 0 Å². The van der Waals surface area contributed by atoms with Crippen molar-refractivity contribution in [1.29, 1.82) is 0 Å². The number of thiophene rings is 1. The summed E-state index contributed by atoms with van der Waals surface area (Å²) in [5, 5.41) is 4.15. The van der Waals surface area contributed by atoms with Crippen LogP contribution in [0.2, 0.25) is 0 Å². The zero-order valence-corrected chi connectivity index (χ0v) is 10.5. The predicted octanol–water partition coefficient (Wildman–Crippen LogP) is 3.10. The first kappa shape index (κ1) is 12.1. The number of hydrogen-bond donors (Lipinski definition) is 1. The Morgan fingerprint density at radius 2 is 2.12 bits per heavy atom. The Morgan fingerprint density at radius 1 is 1.29 bits per heavy atom. The van der Waals surface area contributed by atoms with E-state index in [1.54, 1.807) is 29.5 Å². The van der Waals surface area contributed by atoms with Crippen molar-refractivity contribution in [1.82, 2.24) is 4.90 Å². The molecule has 0 atom stereocenters. The van der Waals surface area contributed by atoms with Gasteiger partial charge < -0.3 is 5.73 Å². The van der Waals surface area contributed by atoms with Crippen molar-refractivity contribution in [3.63, 3.8) is 0 Å². The second-order valence-electron chi connectivity index (χ2n) is 4.12. The summed E-state index contributed by atoms with van der Waals surface area (Å²) < 4.78 is 13.7. The minimum atomic E-state index is -0.301. The minimum absolute atomic E-state index is 0.214. The molecule has 2 N–H and O–H groups in total. The number of hydrogen-bond acceptors (Lipinski definition) is 3. The van der Waals surface area contributed by atoms with Gasteiger partial charge in [-0.25, -0.2) is 4.39 Å². The maximum Gasteiger partial charge on any atom is 0.150 e. The van der Waals surface area contributed by atoms with E-state index in [-0.39, 0.29) is 11.5 Å². The third kappa shape index (κ3) is 3.05. The van der Waals surface area contributed by atoms with Crippen molar-refractivity contribution in [2.75, 3.05) is 12.8 Å². The standard InChI is InChI=1S/C13H15FN2S/c1-16(7-10-5-6-17-9-10)8-11-3-2-4-12(15)13(11)14/h2-6,9H,7-8,15H2,1H3. The van der Waals surface area contributed by atoms with E-state index in [9.17, 15) is 4.39 Å². The molecule has 0 bridgehead atoms. The van der Waals surface area contributed by atoms with Crippen LogP contribution in [-0.4, -0.2) is 11.9 Å². The van der Waals surface area contributed by atoms with Crippen LogP contribution in [-0.2, 0) is 13.1 Å². The molecule has 2 aromatic rings. The van der Waals surface area contributed by atoms with Crippen LogP contribution in [0.4, 0.5) is 10.1 Å². The average molecular weight is 250 g/mol. The highest BCUT2D eigenvalue weighted by Gasteiger charge is 2.08. The highest BCUT2D eigenvalue weighted by atomic mass is 32.1. The van der Waals surface area contributed by atoms with Gasteiger partial charge in [-0.15, -0.1) is 0 Å². The van der Waals surface area contributed by atoms with Gasteiger partial charge in [-0.2, -0.15) is 11.3 Å². The Morgan fingerprint density at radius 3 is 2.82 bits per heavy atom. The van der Waals surface area contributed by atoms with Crippen LogP contribution in [0, 0.1) is 5.82 Å². The highest BCUT2D eigenvalue weighted by Crippen LogP contribution is 2.17. The lowest BCUT2D eigenvalue weighted by Crippen LogP contribution is -2.18. The number of nitrogens with zero attached hydrogens (tertiary/aromatic N) is 1. The van der Waals surface area contributed by atoms with E-state index in [0.29, 0.717) is 12.1 Å². The monoisotopic (exact) mass is 250 g/mol. The molecule has 1 aromatic heterocycles. The molecule has 0 unspecified atom stereocenters. The second-order valence-corrected chi connectivity index (χ2v) is 4.90. The third-order valence-electron chi connectivity index (χ3n) is 2.58. The summed E-state index contributed by atoms with van der Waals surface area (Å²) in [5.74, 6) is -0.301. The lowest BCUT2D eigenvalue weighted by atomic mass is 10.1. The van der Waals surface area contributed by atoms with Gasteiger partial charge in [0.15, 0.2) is 5.82 Å². The van der Waals surface area contributed by atoms with Crippen molar-refractivity contribution < 1.29 is 4.39 Å². The number of benzene rings is 1. The quantitative estimate of drug-likeness (QED) is 0.845. The fraction of sp³-hybridized carbons (Fsp3) is 0.231. The molecule has 0 aliphatic carbocycles. The van der Waals surface area contributed by atoms with E-state index in [1.165, 1.54) is 5.56 Å². The van der Waals surface area contributed by atoms with Crippen molar-refractivity contribution in [3.05, 3.63) is 52.0 Å². The van der Waals surface area contributed by atoms with E-state index in [4.69, 9.17) is 5.73 Å². The summed E-state index contributed by atoms with van der Waals surface area (Å²) in [6.07, 6.45) is 0. The number of rotatable bonds is 4. The van der Waals surface area contributed by atoms with Crippen LogP contribution < -0.4 is 5.73 Å². The van der Waals surface area contributed by atoms with Gasteiger partial charge >= 0.3 is 0 Å². The molecule has 0 radical (unpaired) electrons. The first-order valence-corrected chi connectivity index (χ1v) is 6.33. The largest absolute Gasteiger partial charge is 0.396 e. The summed E-state index contributed by atoms with van der Waals surface area (Å²) in [6.45, 7) is 1.38. The Balaban J connectivity index is 2.03. The molecular weight excluding hydrogens is 235 g/mol. The molecule has 0 aliphatic heterocycles. The Bertz CT molecular complexity index is 482. The maximum atomic E-state index is 13.7. The zero-order valence-electron chi connectivity index (χ0n) is 9.69. The molecule has 1 aromatic carbocycles. The van der Waals surface area contributed by atoms with Crippen molar-refractivity contribution >= 4 is 17.0 Å². The molecule has 90 valence electrons. The van der Waals surface area contributed by atoms with E-state index in [2.05, 4.69) is 16.3 Å². The summed E-state index contributed by atoms with van der Waals surface area (Å²) in [7, 11) is 1.97. The van der Waals surface area contributed by atoms with Crippen LogP contribution in [0.1, 0.15) is 11.1 Å². The maximum absolute atomic E-state index is 13.7. The SMILES string of the molecule is CN(Cc1ccsc1)Cc1cccc(N)c1F. The van der Waals surface area contributed by atoms with E-state index in [0.717, 1.165) is 6.54 Å². The fourth-order valence-electron chi connectivity index (χ4n) is 1.76. The molecule has 0 saturated carbocycles. The van der Waals surface area contributed by atoms with Gasteiger partial charge in [0, 0.05) is 18.7 Å². The molecule has 0 fully saturated rings. The van der Waals surface area contributed by atoms with E-state index in [1.807, 2.05) is 12.4 Å². The number of anilines is 1. The normalized spacial score (nSPS) is 11.0. The van der Waals surface area contributed by atoms with Crippen LogP contribution in [0.15, 0.2) is 35.0 Å². The van der Waals surface area contributed by atoms with Crippen LogP contribution in [0.3, 0.4) is 0 Å². The summed E-state index contributed by atoms with van der Waals surface area (Å²) in [6, 6.07) is 7.22. The summed E-state index contributed by atoms with van der Waals surface area (Å²) >= 11 is 1.67. The van der Waals surface area contributed by atoms with Gasteiger partial charge in [0.25, 0.3) is 0 Å². The molecule has 0 amide bonds. The zero-order chi connectivity index (χ0) is 12.3. The first-order chi connectivity index (χ1) is 8.16. The lowest BCUT2D eigenvalue weighted by Gasteiger charge is -2.16. The Labute approximate surface area is 104 Å². The van der Waals surface area contributed by atoms with Crippen molar-refractivity contribution in [2.24, 2.45) is 0 Å². The van der Waals surface area contributed by atoms with Gasteiger partial charge in [0.05, 0.1) is 5.69 Å². The molecule has 0 spiro atoms. The van der Waals surface area contributed by atoms with Gasteiger partial charge in [0.2, 0.25) is 0 Å². The van der Waals surface area contributed by atoms with Crippen molar-refractivity contribution in [2.45, 2.75) is 13.1 Å². The topological polar surface area (TPSA) is 29.3 Å². The molecule has 17 heavy (non-hydrogen) atoms. The number of halogens is 1. The van der Waals surface area contributed by atoms with Crippen LogP contribution >= 0.6 is 11.3 Å². The number of nitrogen functional groups attached to an aromatic ring is 1. The third-order valence-corrected chi connectivity index (χ3v) is 3.31. The summed E-state index contributed by atoms with van der Waals surface area (Å²) in [4.78, 5) is 2.07. The molecule has 0 saturated heterocycles. The molecular formula is C13H15FN2S. The Hall–Kier alpha value is -1.39. The van der Waals surface area contributed by atoms with Crippen LogP contribution in [0.5, 0.6) is 0 Å². The van der Waals surface area contributed by atoms with Crippen molar-refractivity contribution in [3.8, 4) is 0 Å². The molecule has 2 nitrogen and oxygen atoms in total. The smallest absolute Gasteiger partial charge is 0.150 e. The molecule has 0 aliphatic rings. The van der Waals surface area contributed by atoms with Gasteiger partial charge in [-0.1, -0.05) is 12.1 Å². The Kier molecular flexibility index (Phi) is 3.76. The predicted molar refractivity (Wildman–Crippen MR) is 70.3 cm³/mol. The van der Waals surface area contributed by atoms with Gasteiger partial charge in [-0.05, 0) is 35.5 Å². The minimum Gasteiger partial charge on any atom is -0.396 e. The molecule has 4 heteroatoms. The highest BCUT2D eigenvalue weighted by molar-refractivity contribution is 7.07. The van der Waals surface area contributed by atoms with E-state index < -0.39 is 0 Å². The first-order valence-electron chi connectivity index (χ1n) is 5.39.